The molecule has 2 aromatic carbocycles. The Bertz CT molecular complexity index is 918. The summed E-state index contributed by atoms with van der Waals surface area (Å²) in [7, 11) is -1.09. The Morgan fingerprint density at radius 1 is 1.15 bits per heavy atom. The van der Waals surface area contributed by atoms with Crippen LogP contribution in [0.1, 0.15) is 6.92 Å². The third-order valence-corrected chi connectivity index (χ3v) is 5.31. The predicted molar refractivity (Wildman–Crippen MR) is 99.2 cm³/mol. The molecule has 27 heavy (non-hydrogen) atoms. The van der Waals surface area contributed by atoms with Crippen LogP contribution in [0.4, 0.5) is 10.1 Å². The highest BCUT2D eigenvalue weighted by atomic mass is 32.2. The number of hydrogen-bond acceptors (Lipinski definition) is 5. The number of sulfonamides is 1. The number of nitrogens with one attached hydrogen (secondary N) is 1. The summed E-state index contributed by atoms with van der Waals surface area (Å²) in [6, 6.07) is 10.1. The van der Waals surface area contributed by atoms with Crippen LogP contribution in [0.3, 0.4) is 0 Å². The Labute approximate surface area is 157 Å². The van der Waals surface area contributed by atoms with E-state index in [0.29, 0.717) is 5.75 Å². The van der Waals surface area contributed by atoms with Crippen LogP contribution in [0.2, 0.25) is 0 Å². The minimum atomic E-state index is -3.90. The molecule has 0 aliphatic carbocycles. The standard InChI is InChI=1S/C18H21FN2O5S/c1-13(22)21(16-7-5-4-6-15(16)19)11-10-20-27(23,24)18-9-8-14(25-2)12-17(18)26-3/h4-9,12,20H,10-11H2,1-3H3. The summed E-state index contributed by atoms with van der Waals surface area (Å²) in [6.45, 7) is 1.15. The largest absolute Gasteiger partial charge is 0.497 e. The number of amides is 1. The van der Waals surface area contributed by atoms with E-state index in [0.717, 1.165) is 0 Å². The molecule has 0 bridgehead atoms. The molecule has 2 aromatic rings. The van der Waals surface area contributed by atoms with E-state index in [1.165, 1.54) is 62.4 Å². The average molecular weight is 396 g/mol. The average Bonchev–Trinajstić information content (AvgIpc) is 2.65. The maximum absolute atomic E-state index is 13.9. The van der Waals surface area contributed by atoms with Crippen molar-refractivity contribution in [3.8, 4) is 11.5 Å². The van der Waals surface area contributed by atoms with E-state index in [1.54, 1.807) is 6.07 Å². The monoisotopic (exact) mass is 396 g/mol. The lowest BCUT2D eigenvalue weighted by atomic mass is 10.2. The number of halogens is 1. The fourth-order valence-corrected chi connectivity index (χ4v) is 3.65. The number of carbonyl (C=O) groups is 1. The molecule has 0 spiro atoms. The van der Waals surface area contributed by atoms with Gasteiger partial charge < -0.3 is 14.4 Å². The molecule has 2 rings (SSSR count). The highest BCUT2D eigenvalue weighted by molar-refractivity contribution is 7.89. The third-order valence-electron chi connectivity index (χ3n) is 3.81. The van der Waals surface area contributed by atoms with Crippen LogP contribution in [0.25, 0.3) is 0 Å². The summed E-state index contributed by atoms with van der Waals surface area (Å²) in [5.41, 5.74) is 0.0891. The lowest BCUT2D eigenvalue weighted by molar-refractivity contribution is -0.116. The Morgan fingerprint density at radius 3 is 2.44 bits per heavy atom. The highest BCUT2D eigenvalue weighted by Gasteiger charge is 2.21. The fourth-order valence-electron chi connectivity index (χ4n) is 2.48. The molecule has 1 N–H and O–H groups in total. The van der Waals surface area contributed by atoms with Gasteiger partial charge in [-0.25, -0.2) is 17.5 Å². The van der Waals surface area contributed by atoms with Gasteiger partial charge in [0.15, 0.2) is 0 Å². The molecule has 146 valence electrons. The van der Waals surface area contributed by atoms with Crippen molar-refractivity contribution in [3.05, 3.63) is 48.3 Å². The van der Waals surface area contributed by atoms with Gasteiger partial charge in [0, 0.05) is 26.1 Å². The van der Waals surface area contributed by atoms with Gasteiger partial charge in [-0.1, -0.05) is 12.1 Å². The van der Waals surface area contributed by atoms with Gasteiger partial charge in [0.1, 0.15) is 22.2 Å². The molecule has 0 heterocycles. The summed E-state index contributed by atoms with van der Waals surface area (Å²) in [5.74, 6) is -0.388. The van der Waals surface area contributed by atoms with Crippen molar-refractivity contribution in [2.24, 2.45) is 0 Å². The maximum Gasteiger partial charge on any atom is 0.244 e. The zero-order valence-electron chi connectivity index (χ0n) is 15.2. The molecular weight excluding hydrogens is 375 g/mol. The molecule has 0 radical (unpaired) electrons. The summed E-state index contributed by atoms with van der Waals surface area (Å²) >= 11 is 0. The predicted octanol–water partition coefficient (Wildman–Crippen LogP) is 2.17. The normalized spacial score (nSPS) is 11.1. The van der Waals surface area contributed by atoms with E-state index < -0.39 is 21.7 Å². The van der Waals surface area contributed by atoms with Crippen LogP contribution in [0.15, 0.2) is 47.4 Å². The van der Waals surface area contributed by atoms with Crippen molar-refractivity contribution < 1.29 is 27.1 Å². The van der Waals surface area contributed by atoms with E-state index in [9.17, 15) is 17.6 Å². The highest BCUT2D eigenvalue weighted by Crippen LogP contribution is 2.28. The quantitative estimate of drug-likeness (QED) is 0.739. The number of para-hydroxylation sites is 1. The van der Waals surface area contributed by atoms with E-state index in [4.69, 9.17) is 9.47 Å². The minimum absolute atomic E-state index is 0.0338. The van der Waals surface area contributed by atoms with Crippen molar-refractivity contribution in [1.29, 1.82) is 0 Å². The number of nitrogens with zero attached hydrogens (tertiary/aromatic N) is 1. The van der Waals surface area contributed by atoms with Gasteiger partial charge in [-0.2, -0.15) is 0 Å². The zero-order chi connectivity index (χ0) is 20.0. The van der Waals surface area contributed by atoms with Crippen LogP contribution in [0, 0.1) is 5.82 Å². The Morgan fingerprint density at radius 2 is 1.85 bits per heavy atom. The van der Waals surface area contributed by atoms with Crippen molar-refractivity contribution in [2.75, 3.05) is 32.2 Å². The van der Waals surface area contributed by atoms with Crippen LogP contribution in [0.5, 0.6) is 11.5 Å². The molecule has 0 saturated heterocycles. The lowest BCUT2D eigenvalue weighted by Crippen LogP contribution is -2.38. The summed E-state index contributed by atoms with van der Waals surface area (Å²) in [5, 5.41) is 0. The summed E-state index contributed by atoms with van der Waals surface area (Å²) in [6.07, 6.45) is 0. The first-order chi connectivity index (χ1) is 12.8. The molecule has 0 saturated carbocycles. The lowest BCUT2D eigenvalue weighted by Gasteiger charge is -2.22. The van der Waals surface area contributed by atoms with Gasteiger partial charge in [-0.3, -0.25) is 4.79 Å². The first-order valence-corrected chi connectivity index (χ1v) is 9.52. The van der Waals surface area contributed by atoms with Crippen LogP contribution in [-0.4, -0.2) is 41.6 Å². The Hall–Kier alpha value is -2.65. The van der Waals surface area contributed by atoms with Crippen molar-refractivity contribution in [1.82, 2.24) is 4.72 Å². The SMILES string of the molecule is COc1ccc(S(=O)(=O)NCCN(C(C)=O)c2ccccc2F)c(OC)c1. The summed E-state index contributed by atoms with van der Waals surface area (Å²) < 4.78 is 51.6. The molecule has 0 aromatic heterocycles. The molecule has 0 unspecified atom stereocenters. The first-order valence-electron chi connectivity index (χ1n) is 8.04. The van der Waals surface area contributed by atoms with Gasteiger partial charge in [-0.05, 0) is 24.3 Å². The molecule has 0 aliphatic heterocycles. The molecule has 9 heteroatoms. The topological polar surface area (TPSA) is 84.9 Å². The van der Waals surface area contributed by atoms with E-state index >= 15 is 0 Å². The Balaban J connectivity index is 2.15. The molecule has 1 amide bonds. The molecule has 0 fully saturated rings. The van der Waals surface area contributed by atoms with E-state index in [1.807, 2.05) is 0 Å². The molecular formula is C18H21FN2O5S. The Kier molecular flexibility index (Phi) is 6.75. The minimum Gasteiger partial charge on any atom is -0.497 e. The number of methoxy groups -OCH3 is 2. The molecule has 7 nitrogen and oxygen atoms in total. The van der Waals surface area contributed by atoms with Gasteiger partial charge in [0.2, 0.25) is 15.9 Å². The van der Waals surface area contributed by atoms with Gasteiger partial charge >= 0.3 is 0 Å². The van der Waals surface area contributed by atoms with Crippen LogP contribution >= 0.6 is 0 Å². The number of hydrogen-bond donors (Lipinski definition) is 1. The van der Waals surface area contributed by atoms with Crippen molar-refractivity contribution in [2.45, 2.75) is 11.8 Å². The first kappa shape index (κ1) is 20.7. The number of anilines is 1. The second-order valence-corrected chi connectivity index (χ2v) is 7.27. The number of benzene rings is 2. The second kappa shape index (κ2) is 8.83. The third kappa shape index (κ3) is 4.95. The molecule has 0 atom stereocenters. The second-order valence-electron chi connectivity index (χ2n) is 5.54. The van der Waals surface area contributed by atoms with E-state index in [-0.39, 0.29) is 29.4 Å². The molecule has 0 aliphatic rings. The summed E-state index contributed by atoms with van der Waals surface area (Å²) in [4.78, 5) is 12.9. The van der Waals surface area contributed by atoms with Gasteiger partial charge in [-0.15, -0.1) is 0 Å². The fraction of sp³-hybridized carbons (Fsp3) is 0.278. The van der Waals surface area contributed by atoms with Crippen LogP contribution in [-0.2, 0) is 14.8 Å². The van der Waals surface area contributed by atoms with E-state index in [2.05, 4.69) is 4.72 Å². The van der Waals surface area contributed by atoms with Crippen molar-refractivity contribution >= 4 is 21.6 Å². The number of rotatable bonds is 8. The van der Waals surface area contributed by atoms with Gasteiger partial charge in [0.05, 0.1) is 19.9 Å². The van der Waals surface area contributed by atoms with Crippen molar-refractivity contribution in [3.63, 3.8) is 0 Å². The number of carbonyl (C=O) groups excluding carboxylic acids is 1. The zero-order valence-corrected chi connectivity index (χ0v) is 16.0. The van der Waals surface area contributed by atoms with Gasteiger partial charge in [0.25, 0.3) is 0 Å². The number of ether oxygens (including phenoxy) is 2. The smallest absolute Gasteiger partial charge is 0.244 e. The maximum atomic E-state index is 13.9. The van der Waals surface area contributed by atoms with Crippen LogP contribution < -0.4 is 19.1 Å².